The van der Waals surface area contributed by atoms with Gasteiger partial charge in [0.15, 0.2) is 22.3 Å². The van der Waals surface area contributed by atoms with E-state index >= 15 is 0 Å². The highest BCUT2D eigenvalue weighted by atomic mass is 32.2. The van der Waals surface area contributed by atoms with Crippen LogP contribution in [0.1, 0.15) is 69.9 Å². The number of likely N-dealkylation sites (tertiary alicyclic amines) is 1. The van der Waals surface area contributed by atoms with Gasteiger partial charge in [0.05, 0.1) is 11.7 Å². The number of nitrogens with zero attached hydrogens (tertiary/aromatic N) is 6. The summed E-state index contributed by atoms with van der Waals surface area (Å²) in [5, 5.41) is 43.0. The maximum atomic E-state index is 13.3. The molecule has 0 spiro atoms. The van der Waals surface area contributed by atoms with E-state index in [1.165, 1.54) is 30.2 Å². The number of rotatable bonds is 12. The lowest BCUT2D eigenvalue weighted by atomic mass is 9.98. The molecule has 4 amide bonds. The van der Waals surface area contributed by atoms with Crippen LogP contribution >= 0.6 is 11.3 Å². The number of β-lactam (4-membered cyclic amide) rings is 1. The molecular formula is C29H33N9O14S2. The van der Waals surface area contributed by atoms with Crippen LogP contribution in [-0.2, 0) is 29.5 Å². The van der Waals surface area contributed by atoms with Gasteiger partial charge in [-0.2, -0.15) is 13.1 Å². The third-order valence-electron chi connectivity index (χ3n) is 8.67. The van der Waals surface area contributed by atoms with Crippen molar-refractivity contribution < 1.29 is 61.7 Å². The zero-order chi connectivity index (χ0) is 40.0. The SMILES string of the molecule is Cc1c(C(=O)N2CC[C@@H](c3cc(C(=O)NC[C@@H]4[C@H](NC(=O)/C(=N\OC(C)(C)C(=O)O)c5csc(N)n5)C(=O)N4S(=O)(=O)O)on3)C2)n(O)c(C)c(O)c1=O. The van der Waals surface area contributed by atoms with Gasteiger partial charge in [0.2, 0.25) is 16.8 Å². The fraction of sp³-hybridized carbons (Fsp3) is 0.414. The molecule has 5 heterocycles. The van der Waals surface area contributed by atoms with Crippen molar-refractivity contribution in [2.45, 2.75) is 57.7 Å². The van der Waals surface area contributed by atoms with Gasteiger partial charge >= 0.3 is 16.3 Å². The van der Waals surface area contributed by atoms with Gasteiger partial charge in [-0.15, -0.1) is 11.3 Å². The molecule has 2 saturated heterocycles. The molecule has 3 atom stereocenters. The summed E-state index contributed by atoms with van der Waals surface area (Å²) in [5.74, 6) is -7.03. The average Bonchev–Trinajstić information content (AvgIpc) is 3.88. The van der Waals surface area contributed by atoms with E-state index in [4.69, 9.17) is 15.1 Å². The molecule has 3 aromatic rings. The van der Waals surface area contributed by atoms with E-state index in [1.807, 2.05) is 0 Å². The summed E-state index contributed by atoms with van der Waals surface area (Å²) in [4.78, 5) is 86.5. The molecule has 0 saturated carbocycles. The van der Waals surface area contributed by atoms with Crippen molar-refractivity contribution in [1.82, 2.24) is 34.7 Å². The molecular weight excluding hydrogens is 763 g/mol. The Morgan fingerprint density at radius 3 is 2.52 bits per heavy atom. The fourth-order valence-corrected chi connectivity index (χ4v) is 6.93. The van der Waals surface area contributed by atoms with Gasteiger partial charge in [-0.25, -0.2) is 14.1 Å². The van der Waals surface area contributed by atoms with Crippen LogP contribution in [0.2, 0.25) is 0 Å². The predicted octanol–water partition coefficient (Wildman–Crippen LogP) is -1.42. The first-order chi connectivity index (χ1) is 25.1. The zero-order valence-electron chi connectivity index (χ0n) is 28.7. The van der Waals surface area contributed by atoms with Crippen LogP contribution in [-0.4, -0.2) is 125 Å². The highest BCUT2D eigenvalue weighted by molar-refractivity contribution is 7.84. The Labute approximate surface area is 307 Å². The number of aromatic nitrogens is 3. The Balaban J connectivity index is 1.27. The molecule has 2 aliphatic heterocycles. The summed E-state index contributed by atoms with van der Waals surface area (Å²) in [5.41, 5.74) is 1.67. The number of thiazole rings is 1. The van der Waals surface area contributed by atoms with Gasteiger partial charge in [-0.3, -0.25) is 28.5 Å². The van der Waals surface area contributed by atoms with Crippen molar-refractivity contribution in [2.75, 3.05) is 25.4 Å². The number of nitrogens with two attached hydrogens (primary N) is 1. The number of carboxylic acid groups (broad SMARTS) is 1. The predicted molar refractivity (Wildman–Crippen MR) is 181 cm³/mol. The van der Waals surface area contributed by atoms with Crippen LogP contribution in [0.15, 0.2) is 25.9 Å². The van der Waals surface area contributed by atoms with E-state index in [-0.39, 0.29) is 56.6 Å². The second-order valence-electron chi connectivity index (χ2n) is 12.7. The summed E-state index contributed by atoms with van der Waals surface area (Å²) in [7, 11) is -5.19. The van der Waals surface area contributed by atoms with E-state index in [0.29, 0.717) is 11.2 Å². The molecule has 23 nitrogen and oxygen atoms in total. The smallest absolute Gasteiger partial charge is 0.362 e. The number of oxime groups is 1. The number of nitrogens with one attached hydrogen (secondary N) is 2. The highest BCUT2D eigenvalue weighted by Crippen LogP contribution is 2.29. The number of carbonyl (C=O) groups is 5. The van der Waals surface area contributed by atoms with Gasteiger partial charge in [0.1, 0.15) is 17.4 Å². The average molecular weight is 796 g/mol. The quantitative estimate of drug-likeness (QED) is 0.0363. The van der Waals surface area contributed by atoms with Crippen LogP contribution in [0.5, 0.6) is 5.75 Å². The van der Waals surface area contributed by atoms with Crippen molar-refractivity contribution in [3.8, 4) is 5.75 Å². The van der Waals surface area contributed by atoms with E-state index in [0.717, 1.165) is 25.2 Å². The molecule has 5 rings (SSSR count). The second-order valence-corrected chi connectivity index (χ2v) is 14.8. The second kappa shape index (κ2) is 14.4. The number of anilines is 1. The summed E-state index contributed by atoms with van der Waals surface area (Å²) in [6.45, 7) is 4.38. The van der Waals surface area contributed by atoms with E-state index < -0.39 is 86.9 Å². The summed E-state index contributed by atoms with van der Waals surface area (Å²) in [6, 6.07) is -1.98. The Kier molecular flexibility index (Phi) is 10.4. The van der Waals surface area contributed by atoms with Crippen molar-refractivity contribution in [3.05, 3.63) is 55.8 Å². The van der Waals surface area contributed by atoms with Gasteiger partial charge in [-0.1, -0.05) is 10.3 Å². The first-order valence-electron chi connectivity index (χ1n) is 15.6. The first kappa shape index (κ1) is 39.1. The molecule has 0 unspecified atom stereocenters. The summed E-state index contributed by atoms with van der Waals surface area (Å²) in [6.07, 6.45) is 0.345. The molecule has 25 heteroatoms. The van der Waals surface area contributed by atoms with E-state index in [1.54, 1.807) is 0 Å². The standard InChI is InChI=1S/C29H33N9O14S2/c1-11-20(37(47)12(2)22(40)21(11)39)26(44)36-6-5-13(9-36)14-7-17(51-34-14)23(41)31-8-16-19(25(43)38(16)54(48,49)50)33-24(42)18(15-10-53-28(30)32-15)35-52-29(3,4)27(45)46/h7,10,13,16,19,40,47H,5-6,8-9H2,1-4H3,(H2,30,32)(H,31,41)(H,33,42)(H,45,46)(H,48,49,50)/b35-18-/t13-,16-,19+/m1/s1. The molecule has 0 aromatic carbocycles. The highest BCUT2D eigenvalue weighted by Gasteiger charge is 2.54. The van der Waals surface area contributed by atoms with Crippen LogP contribution in [0, 0.1) is 13.8 Å². The zero-order valence-corrected chi connectivity index (χ0v) is 30.3. The number of aliphatic carboxylic acids is 1. The Hall–Kier alpha value is -6.08. The molecule has 3 aromatic heterocycles. The molecule has 0 bridgehead atoms. The lowest BCUT2D eigenvalue weighted by Gasteiger charge is -2.44. The maximum Gasteiger partial charge on any atom is 0.362 e. The molecule has 8 N–H and O–H groups in total. The summed E-state index contributed by atoms with van der Waals surface area (Å²) >= 11 is 0.894. The Morgan fingerprint density at radius 1 is 1.22 bits per heavy atom. The number of amides is 4. The van der Waals surface area contributed by atoms with Crippen molar-refractivity contribution >= 4 is 62.1 Å². The minimum atomic E-state index is -5.19. The van der Waals surface area contributed by atoms with Crippen LogP contribution in [0.4, 0.5) is 5.13 Å². The van der Waals surface area contributed by atoms with Crippen LogP contribution < -0.4 is 21.8 Å². The molecule has 0 aliphatic carbocycles. The maximum absolute atomic E-state index is 13.3. The normalized spacial score (nSPS) is 19.0. The van der Waals surface area contributed by atoms with Gasteiger partial charge in [0.25, 0.3) is 23.6 Å². The molecule has 54 heavy (non-hydrogen) atoms. The van der Waals surface area contributed by atoms with Gasteiger partial charge in [0, 0.05) is 42.6 Å². The van der Waals surface area contributed by atoms with Crippen molar-refractivity contribution in [3.63, 3.8) is 0 Å². The van der Waals surface area contributed by atoms with Gasteiger partial charge in [-0.05, 0) is 34.1 Å². The van der Waals surface area contributed by atoms with Crippen molar-refractivity contribution in [2.24, 2.45) is 5.16 Å². The number of pyridine rings is 1. The lowest BCUT2D eigenvalue weighted by Crippen LogP contribution is -2.74. The van der Waals surface area contributed by atoms with Crippen LogP contribution in [0.3, 0.4) is 0 Å². The minimum absolute atomic E-state index is 0.00675. The number of carbonyl (C=O) groups excluding carboxylic acids is 4. The molecule has 2 aliphatic rings. The minimum Gasteiger partial charge on any atom is -0.503 e. The Morgan fingerprint density at radius 2 is 1.91 bits per heavy atom. The molecule has 2 fully saturated rings. The lowest BCUT2D eigenvalue weighted by molar-refractivity contribution is -0.161. The first-order valence-corrected chi connectivity index (χ1v) is 17.9. The van der Waals surface area contributed by atoms with E-state index in [2.05, 4.69) is 25.9 Å². The third kappa shape index (κ3) is 7.40. The van der Waals surface area contributed by atoms with Crippen LogP contribution in [0.25, 0.3) is 0 Å². The molecule has 290 valence electrons. The van der Waals surface area contributed by atoms with Crippen molar-refractivity contribution in [1.29, 1.82) is 0 Å². The van der Waals surface area contributed by atoms with Gasteiger partial charge < -0.3 is 46.0 Å². The number of hydrogen-bond donors (Lipinski definition) is 7. The molecule has 0 radical (unpaired) electrons. The number of aromatic hydroxyl groups is 1. The number of carboxylic acids is 1. The fourth-order valence-electron chi connectivity index (χ4n) is 5.51. The third-order valence-corrected chi connectivity index (χ3v) is 10.3. The monoisotopic (exact) mass is 795 g/mol. The number of hydrogen-bond acceptors (Lipinski definition) is 17. The van der Waals surface area contributed by atoms with E-state index in [9.17, 15) is 57.2 Å². The topological polar surface area (TPSA) is 339 Å². The summed E-state index contributed by atoms with van der Waals surface area (Å²) < 4.78 is 39.4. The Bertz CT molecular complexity index is 2260. The number of nitrogen functional groups attached to an aromatic ring is 1. The largest absolute Gasteiger partial charge is 0.503 e.